The Hall–Kier alpha value is -2.00. The first-order chi connectivity index (χ1) is 12.0. The van der Waals surface area contributed by atoms with Crippen molar-refractivity contribution in [2.45, 2.75) is 24.8 Å². The van der Waals surface area contributed by atoms with Crippen LogP contribution < -0.4 is 5.32 Å². The number of rotatable bonds is 10. The molecule has 9 heteroatoms. The molecule has 0 saturated heterocycles. The number of hydrogen-bond acceptors (Lipinski definition) is 7. The summed E-state index contributed by atoms with van der Waals surface area (Å²) < 4.78 is 4.48. The molecule has 1 amide bonds. The number of nitrogens with zero attached hydrogens (tertiary/aromatic N) is 1. The molecule has 0 saturated carbocycles. The molecule has 1 rings (SSSR count). The van der Waals surface area contributed by atoms with Gasteiger partial charge in [-0.25, -0.2) is 9.78 Å². The van der Waals surface area contributed by atoms with Crippen molar-refractivity contribution in [2.24, 2.45) is 0 Å². The highest BCUT2D eigenvalue weighted by Crippen LogP contribution is 2.28. The van der Waals surface area contributed by atoms with Gasteiger partial charge in [-0.2, -0.15) is 0 Å². The second kappa shape index (κ2) is 11.5. The van der Waals surface area contributed by atoms with E-state index < -0.39 is 17.8 Å². The third-order valence-corrected chi connectivity index (χ3v) is 5.38. The van der Waals surface area contributed by atoms with Crippen molar-refractivity contribution in [3.63, 3.8) is 0 Å². The van der Waals surface area contributed by atoms with Crippen LogP contribution in [-0.4, -0.2) is 47.3 Å². The number of pyridine rings is 1. The molecule has 25 heavy (non-hydrogen) atoms. The zero-order valence-corrected chi connectivity index (χ0v) is 15.6. The molecule has 0 unspecified atom stereocenters. The minimum atomic E-state index is -1.21. The zero-order chi connectivity index (χ0) is 18.7. The van der Waals surface area contributed by atoms with Crippen LogP contribution in [0.3, 0.4) is 0 Å². The molecule has 0 radical (unpaired) electrons. The second-order valence-electron chi connectivity index (χ2n) is 4.81. The van der Waals surface area contributed by atoms with Gasteiger partial charge in [-0.15, -0.1) is 0 Å². The van der Waals surface area contributed by atoms with Gasteiger partial charge in [-0.3, -0.25) is 9.59 Å². The zero-order valence-electron chi connectivity index (χ0n) is 14.0. The maximum Gasteiger partial charge on any atom is 0.332 e. The number of aliphatic carboxylic acids is 1. The van der Waals surface area contributed by atoms with Gasteiger partial charge in [0, 0.05) is 36.1 Å². The largest absolute Gasteiger partial charge is 0.478 e. The van der Waals surface area contributed by atoms with Crippen LogP contribution in [0, 0.1) is 0 Å². The van der Waals surface area contributed by atoms with Gasteiger partial charge in [-0.05, 0) is 36.3 Å². The molecule has 0 aliphatic carbocycles. The Morgan fingerprint density at radius 2 is 2.04 bits per heavy atom. The lowest BCUT2D eigenvalue weighted by atomic mass is 10.0. The summed E-state index contributed by atoms with van der Waals surface area (Å²) in [4.78, 5) is 38.6. The number of carbonyl (C=O) groups is 3. The van der Waals surface area contributed by atoms with Crippen molar-refractivity contribution in [1.29, 1.82) is 0 Å². The highest BCUT2D eigenvalue weighted by molar-refractivity contribution is 8.76. The number of aromatic nitrogens is 1. The minimum absolute atomic E-state index is 0.0501. The summed E-state index contributed by atoms with van der Waals surface area (Å²) in [6.07, 6.45) is 1.57. The first-order valence-corrected chi connectivity index (χ1v) is 9.76. The van der Waals surface area contributed by atoms with Crippen molar-refractivity contribution in [2.75, 3.05) is 19.4 Å². The van der Waals surface area contributed by atoms with E-state index in [1.807, 2.05) is 18.2 Å². The standard InChI is InChI=1S/C16H20N2O5S2/c1-11(12(16(21)22)6-7-14(19)23-2)15(20)18-9-10-24-25-13-5-3-4-8-17-13/h3-5,8H,6-7,9-10H2,1-2H3,(H,18,20)(H,21,22)/b12-11-. The Morgan fingerprint density at radius 3 is 2.64 bits per heavy atom. The van der Waals surface area contributed by atoms with Crippen molar-refractivity contribution in [1.82, 2.24) is 10.3 Å². The number of carbonyl (C=O) groups excluding carboxylic acids is 2. The van der Waals surface area contributed by atoms with Crippen LogP contribution in [-0.2, 0) is 19.1 Å². The van der Waals surface area contributed by atoms with Gasteiger partial charge in [0.1, 0.15) is 5.03 Å². The first kappa shape index (κ1) is 21.0. The molecule has 7 nitrogen and oxygen atoms in total. The van der Waals surface area contributed by atoms with Crippen molar-refractivity contribution in [3.8, 4) is 0 Å². The predicted octanol–water partition coefficient (Wildman–Crippen LogP) is 2.29. The quantitative estimate of drug-likeness (QED) is 0.274. The number of carboxylic acid groups (broad SMARTS) is 1. The molecule has 1 heterocycles. The smallest absolute Gasteiger partial charge is 0.332 e. The van der Waals surface area contributed by atoms with E-state index in [1.165, 1.54) is 35.6 Å². The summed E-state index contributed by atoms with van der Waals surface area (Å²) in [5, 5.41) is 12.8. The van der Waals surface area contributed by atoms with E-state index in [9.17, 15) is 19.5 Å². The van der Waals surface area contributed by atoms with E-state index in [1.54, 1.807) is 6.20 Å². The molecule has 136 valence electrons. The maximum atomic E-state index is 12.1. The topological polar surface area (TPSA) is 106 Å². The van der Waals surface area contributed by atoms with E-state index in [2.05, 4.69) is 15.0 Å². The van der Waals surface area contributed by atoms with Gasteiger partial charge in [0.25, 0.3) is 0 Å². The van der Waals surface area contributed by atoms with Crippen LogP contribution in [0.1, 0.15) is 19.8 Å². The number of carboxylic acids is 1. The van der Waals surface area contributed by atoms with Crippen molar-refractivity contribution in [3.05, 3.63) is 35.5 Å². The molecule has 0 bridgehead atoms. The molecule has 0 atom stereocenters. The molecule has 1 aromatic heterocycles. The minimum Gasteiger partial charge on any atom is -0.478 e. The molecule has 0 fully saturated rings. The normalized spacial score (nSPS) is 11.4. The monoisotopic (exact) mass is 384 g/mol. The Balaban J connectivity index is 2.44. The van der Waals surface area contributed by atoms with E-state index in [0.717, 1.165) is 5.03 Å². The fraction of sp³-hybridized carbons (Fsp3) is 0.375. The van der Waals surface area contributed by atoms with Gasteiger partial charge in [0.2, 0.25) is 5.91 Å². The summed E-state index contributed by atoms with van der Waals surface area (Å²) in [6, 6.07) is 5.63. The summed E-state index contributed by atoms with van der Waals surface area (Å²) in [6.45, 7) is 1.83. The van der Waals surface area contributed by atoms with Gasteiger partial charge in [0.05, 0.1) is 7.11 Å². The second-order valence-corrected chi connectivity index (χ2v) is 7.25. The third kappa shape index (κ3) is 8.08. The Kier molecular flexibility index (Phi) is 9.71. The Morgan fingerprint density at radius 1 is 1.28 bits per heavy atom. The van der Waals surface area contributed by atoms with Crippen molar-refractivity contribution < 1.29 is 24.2 Å². The Bertz CT molecular complexity index is 635. The lowest BCUT2D eigenvalue weighted by Crippen LogP contribution is -2.28. The van der Waals surface area contributed by atoms with E-state index in [0.29, 0.717) is 12.3 Å². The van der Waals surface area contributed by atoms with Gasteiger partial charge in [0.15, 0.2) is 0 Å². The van der Waals surface area contributed by atoms with E-state index in [-0.39, 0.29) is 24.0 Å². The first-order valence-electron chi connectivity index (χ1n) is 7.44. The molecular formula is C16H20N2O5S2. The lowest BCUT2D eigenvalue weighted by Gasteiger charge is -2.09. The number of amides is 1. The number of hydrogen-bond donors (Lipinski definition) is 2. The average Bonchev–Trinajstić information content (AvgIpc) is 2.61. The van der Waals surface area contributed by atoms with E-state index >= 15 is 0 Å². The van der Waals surface area contributed by atoms with Crippen LogP contribution in [0.4, 0.5) is 0 Å². The third-order valence-electron chi connectivity index (χ3n) is 3.11. The summed E-state index contributed by atoms with van der Waals surface area (Å²) in [5.41, 5.74) is 0.0113. The number of methoxy groups -OCH3 is 1. The van der Waals surface area contributed by atoms with Gasteiger partial charge in [-0.1, -0.05) is 16.9 Å². The fourth-order valence-corrected chi connectivity index (χ4v) is 3.54. The molecule has 0 aliphatic rings. The SMILES string of the molecule is COC(=O)CC/C(C(=O)O)=C(\C)C(=O)NCCSSc1ccccn1. The van der Waals surface area contributed by atoms with Crippen LogP contribution >= 0.6 is 21.6 Å². The van der Waals surface area contributed by atoms with Gasteiger partial charge < -0.3 is 15.2 Å². The molecule has 1 aromatic rings. The highest BCUT2D eigenvalue weighted by Gasteiger charge is 2.18. The van der Waals surface area contributed by atoms with Crippen LogP contribution in [0.5, 0.6) is 0 Å². The van der Waals surface area contributed by atoms with Crippen molar-refractivity contribution >= 4 is 39.4 Å². The average molecular weight is 384 g/mol. The molecule has 0 spiro atoms. The number of nitrogens with one attached hydrogen (secondary N) is 1. The van der Waals surface area contributed by atoms with E-state index in [4.69, 9.17) is 0 Å². The Labute approximate surface area is 154 Å². The number of ether oxygens (including phenoxy) is 1. The summed E-state index contributed by atoms with van der Waals surface area (Å²) in [5.74, 6) is -1.54. The molecule has 0 aliphatic heterocycles. The van der Waals surface area contributed by atoms with Crippen LogP contribution in [0.25, 0.3) is 0 Å². The summed E-state index contributed by atoms with van der Waals surface area (Å²) >= 11 is 0. The molecule has 2 N–H and O–H groups in total. The predicted molar refractivity (Wildman–Crippen MR) is 97.1 cm³/mol. The lowest BCUT2D eigenvalue weighted by molar-refractivity contribution is -0.140. The van der Waals surface area contributed by atoms with Gasteiger partial charge >= 0.3 is 11.9 Å². The number of esters is 1. The maximum absolute atomic E-state index is 12.1. The fourth-order valence-electron chi connectivity index (χ4n) is 1.76. The van der Waals surface area contributed by atoms with Crippen LogP contribution in [0.15, 0.2) is 40.6 Å². The van der Waals surface area contributed by atoms with Crippen LogP contribution in [0.2, 0.25) is 0 Å². The summed E-state index contributed by atoms with van der Waals surface area (Å²) in [7, 11) is 4.27. The molecule has 0 aromatic carbocycles. The molecular weight excluding hydrogens is 364 g/mol. The highest BCUT2D eigenvalue weighted by atomic mass is 33.1.